The zero-order valence-electron chi connectivity index (χ0n) is 9.42. The molecule has 0 bridgehead atoms. The SMILES string of the molecule is CC(=O)O.CC(=O)O.CC(=O)O.CC(=O)O.[KH].[KH].[KH].[KH].[NaH]. The third-order valence-electron chi connectivity index (χ3n) is 0. The van der Waals surface area contributed by atoms with Crippen molar-refractivity contribution in [3.8, 4) is 0 Å². The molecule has 0 spiro atoms. The van der Waals surface area contributed by atoms with Crippen LogP contribution in [0.5, 0.6) is 0 Å². The second-order valence-corrected chi connectivity index (χ2v) is 2.08. The first-order valence-electron chi connectivity index (χ1n) is 3.71. The van der Waals surface area contributed by atoms with Crippen molar-refractivity contribution in [2.24, 2.45) is 0 Å². The first-order chi connectivity index (χ1) is 6.93. The van der Waals surface area contributed by atoms with E-state index in [-0.39, 0.29) is 235 Å². The molecule has 21 heavy (non-hydrogen) atoms. The van der Waals surface area contributed by atoms with Gasteiger partial charge in [-0.05, 0) is 0 Å². The van der Waals surface area contributed by atoms with Gasteiger partial charge in [0.1, 0.15) is 0 Å². The summed E-state index contributed by atoms with van der Waals surface area (Å²) >= 11 is 0. The molecular weight excluding hydrogens is 403 g/mol. The summed E-state index contributed by atoms with van der Waals surface area (Å²) in [4.78, 5) is 36.0. The number of carboxylic acid groups (broad SMARTS) is 4. The van der Waals surface area contributed by atoms with Gasteiger partial charge in [-0.2, -0.15) is 0 Å². The molecule has 0 aromatic heterocycles. The van der Waals surface area contributed by atoms with Gasteiger partial charge in [-0.15, -0.1) is 0 Å². The summed E-state index contributed by atoms with van der Waals surface area (Å²) in [6.45, 7) is 4.33. The third kappa shape index (κ3) is 474. The maximum absolute atomic E-state index is 9.00. The van der Waals surface area contributed by atoms with Gasteiger partial charge in [0.15, 0.2) is 0 Å². The molecule has 0 heterocycles. The van der Waals surface area contributed by atoms with E-state index >= 15 is 0 Å². The molecule has 0 aliphatic rings. The van der Waals surface area contributed by atoms with Gasteiger partial charge in [0.05, 0.1) is 0 Å². The summed E-state index contributed by atoms with van der Waals surface area (Å²) in [7, 11) is 0. The van der Waals surface area contributed by atoms with Crippen LogP contribution in [0.2, 0.25) is 0 Å². The van der Waals surface area contributed by atoms with E-state index in [0.717, 1.165) is 27.7 Å². The topological polar surface area (TPSA) is 149 Å². The van der Waals surface area contributed by atoms with Gasteiger partial charge < -0.3 is 20.4 Å². The molecule has 0 aliphatic carbocycles. The van der Waals surface area contributed by atoms with Crippen LogP contribution in [0.25, 0.3) is 0 Å². The number of hydrogen-bond donors (Lipinski definition) is 4. The molecule has 0 aromatic carbocycles. The van der Waals surface area contributed by atoms with Crippen LogP contribution < -0.4 is 0 Å². The van der Waals surface area contributed by atoms with E-state index in [0.29, 0.717) is 0 Å². The Morgan fingerprint density at radius 3 is 0.476 bits per heavy atom. The van der Waals surface area contributed by atoms with Crippen molar-refractivity contribution < 1.29 is 39.6 Å². The van der Waals surface area contributed by atoms with Crippen LogP contribution in [0.4, 0.5) is 0 Å². The van der Waals surface area contributed by atoms with Gasteiger partial charge in [-0.3, -0.25) is 19.2 Å². The molecule has 13 heteroatoms. The second-order valence-electron chi connectivity index (χ2n) is 2.08. The molecule has 0 saturated carbocycles. The van der Waals surface area contributed by atoms with Gasteiger partial charge in [-0.25, -0.2) is 0 Å². The fourth-order valence-electron chi connectivity index (χ4n) is 0. The summed E-state index contributed by atoms with van der Waals surface area (Å²) in [5, 5.41) is 29.7. The van der Waals surface area contributed by atoms with Crippen LogP contribution in [0, 0.1) is 0 Å². The van der Waals surface area contributed by atoms with E-state index in [9.17, 15) is 0 Å². The van der Waals surface area contributed by atoms with Crippen molar-refractivity contribution in [1.29, 1.82) is 0 Å². The van der Waals surface area contributed by atoms with Crippen LogP contribution in [0.1, 0.15) is 27.7 Å². The van der Waals surface area contributed by atoms with Crippen LogP contribution in [-0.2, 0) is 19.2 Å². The Morgan fingerprint density at radius 1 is 0.476 bits per heavy atom. The van der Waals surface area contributed by atoms with Crippen molar-refractivity contribution in [2.75, 3.05) is 0 Å². The molecule has 0 atom stereocenters. The van der Waals surface area contributed by atoms with Crippen molar-refractivity contribution in [3.05, 3.63) is 0 Å². The quantitative estimate of drug-likeness (QED) is 0.303. The second kappa shape index (κ2) is 50.0. The van der Waals surface area contributed by atoms with E-state index in [4.69, 9.17) is 39.6 Å². The van der Waals surface area contributed by atoms with Gasteiger partial charge in [0, 0.05) is 27.7 Å². The number of rotatable bonds is 0. The van der Waals surface area contributed by atoms with Crippen LogP contribution in [0.15, 0.2) is 0 Å². The fraction of sp³-hybridized carbons (Fsp3) is 0.500. The number of carbonyl (C=O) groups is 4. The molecule has 0 rings (SSSR count). The number of carboxylic acids is 4. The minimum absolute atomic E-state index is 0. The summed E-state index contributed by atoms with van der Waals surface area (Å²) < 4.78 is 0. The Hall–Kier alpha value is 5.43. The molecule has 4 N–H and O–H groups in total. The van der Waals surface area contributed by atoms with Crippen molar-refractivity contribution >= 4 is 259 Å². The molecule has 106 valence electrons. The minimum atomic E-state index is -0.833. The first-order valence-corrected chi connectivity index (χ1v) is 3.71. The Bertz CT molecular complexity index is 176. The molecule has 0 radical (unpaired) electrons. The molecule has 0 unspecified atom stereocenters. The zero-order valence-corrected chi connectivity index (χ0v) is 9.42. The predicted octanol–water partition coefficient (Wildman–Crippen LogP) is -2.88. The Balaban J connectivity index is -0.0000000121. The van der Waals surface area contributed by atoms with E-state index in [1.165, 1.54) is 0 Å². The average molecular weight is 425 g/mol. The predicted molar refractivity (Wildman–Crippen MR) is 89.0 cm³/mol. The molecule has 8 nitrogen and oxygen atoms in total. The Labute approximate surface area is 316 Å². The number of hydrogen-bond acceptors (Lipinski definition) is 4. The summed E-state index contributed by atoms with van der Waals surface area (Å²) in [5.74, 6) is -3.33. The average Bonchev–Trinajstić information content (AvgIpc) is 1.76. The van der Waals surface area contributed by atoms with Crippen molar-refractivity contribution in [3.63, 3.8) is 0 Å². The van der Waals surface area contributed by atoms with Crippen LogP contribution in [0.3, 0.4) is 0 Å². The maximum atomic E-state index is 9.00. The molecule has 0 fully saturated rings. The van der Waals surface area contributed by atoms with E-state index in [2.05, 4.69) is 0 Å². The van der Waals surface area contributed by atoms with E-state index < -0.39 is 23.9 Å². The summed E-state index contributed by atoms with van der Waals surface area (Å²) in [6.07, 6.45) is 0. The fourth-order valence-corrected chi connectivity index (χ4v) is 0. The van der Waals surface area contributed by atoms with Gasteiger partial charge >= 0.3 is 235 Å². The molecular formula is C8H21K4NaO8. The molecule has 0 saturated heterocycles. The number of aliphatic carboxylic acids is 4. The summed E-state index contributed by atoms with van der Waals surface area (Å²) in [6, 6.07) is 0. The molecule has 0 amide bonds. The van der Waals surface area contributed by atoms with Gasteiger partial charge in [0.25, 0.3) is 23.9 Å². The Morgan fingerprint density at radius 2 is 0.476 bits per heavy atom. The van der Waals surface area contributed by atoms with E-state index in [1.54, 1.807) is 0 Å². The van der Waals surface area contributed by atoms with Crippen molar-refractivity contribution in [2.45, 2.75) is 27.7 Å². The summed E-state index contributed by atoms with van der Waals surface area (Å²) in [5.41, 5.74) is 0. The first kappa shape index (κ1) is 56.3. The van der Waals surface area contributed by atoms with Crippen LogP contribution in [-0.4, -0.2) is 279 Å². The molecule has 0 aromatic rings. The van der Waals surface area contributed by atoms with E-state index in [1.807, 2.05) is 0 Å². The zero-order chi connectivity index (χ0) is 14.3. The standard InChI is InChI=1S/4C2H4O2.4K.Na.5H/c4*1-2(3)4;;;;;;;;;;/h4*1H3,(H,3,4);;;;;;;;;;. The van der Waals surface area contributed by atoms with Gasteiger partial charge in [0.2, 0.25) is 0 Å². The van der Waals surface area contributed by atoms with Crippen molar-refractivity contribution in [1.82, 2.24) is 0 Å². The normalized spacial score (nSPS) is 4.76. The molecule has 0 aliphatic heterocycles. The van der Waals surface area contributed by atoms with Crippen LogP contribution >= 0.6 is 0 Å². The van der Waals surface area contributed by atoms with Gasteiger partial charge in [-0.1, -0.05) is 0 Å². The third-order valence-corrected chi connectivity index (χ3v) is 0. The monoisotopic (exact) mass is 424 g/mol. The Kier molecular flexibility index (Phi) is 134.